The number of pyridine rings is 1. The monoisotopic (exact) mass is 391 g/mol. The molecule has 0 saturated heterocycles. The number of nitrogens with one attached hydrogen (secondary N) is 2. The normalized spacial score (nSPS) is 12.2. The van der Waals surface area contributed by atoms with Gasteiger partial charge in [0.25, 0.3) is 0 Å². The highest BCUT2D eigenvalue weighted by molar-refractivity contribution is 6.31. The zero-order chi connectivity index (χ0) is 19.2. The Bertz CT molecular complexity index is 763. The summed E-state index contributed by atoms with van der Waals surface area (Å²) in [6.07, 6.45) is -2.38. The third-order valence-electron chi connectivity index (χ3n) is 3.21. The Hall–Kier alpha value is -2.56. The van der Waals surface area contributed by atoms with Gasteiger partial charge in [-0.2, -0.15) is 18.3 Å². The van der Waals surface area contributed by atoms with Crippen LogP contribution in [0.4, 0.5) is 13.2 Å². The summed E-state index contributed by atoms with van der Waals surface area (Å²) in [4.78, 5) is 11.7. The average molecular weight is 392 g/mol. The van der Waals surface area contributed by atoms with Gasteiger partial charge >= 0.3 is 6.18 Å². The van der Waals surface area contributed by atoms with Gasteiger partial charge in [0, 0.05) is 20.3 Å². The molecule has 0 aliphatic heterocycles. The largest absolute Gasteiger partial charge is 0.475 e. The molecule has 8 nitrogen and oxygen atoms in total. The van der Waals surface area contributed by atoms with E-state index in [1.807, 2.05) is 0 Å². The van der Waals surface area contributed by atoms with Gasteiger partial charge in [0.15, 0.2) is 5.96 Å². The topological polar surface area (TPSA) is 89.2 Å². The Morgan fingerprint density at radius 3 is 2.69 bits per heavy atom. The summed E-state index contributed by atoms with van der Waals surface area (Å²) in [5.41, 5.74) is -0.929. The van der Waals surface area contributed by atoms with Crippen LogP contribution in [0.25, 0.3) is 0 Å². The fraction of sp³-hybridized carbons (Fsp3) is 0.429. The third-order valence-corrected chi connectivity index (χ3v) is 3.48. The number of aromatic nitrogens is 4. The number of halogens is 4. The predicted octanol–water partition coefficient (Wildman–Crippen LogP) is 1.63. The Morgan fingerprint density at radius 1 is 1.35 bits per heavy atom. The van der Waals surface area contributed by atoms with Crippen molar-refractivity contribution in [1.82, 2.24) is 30.4 Å². The second kappa shape index (κ2) is 8.70. The predicted molar refractivity (Wildman–Crippen MR) is 88.9 cm³/mol. The molecule has 2 aromatic heterocycles. The lowest BCUT2D eigenvalue weighted by molar-refractivity contribution is -0.137. The minimum atomic E-state index is -4.50. The van der Waals surface area contributed by atoms with Crippen molar-refractivity contribution in [1.29, 1.82) is 0 Å². The number of hydrogen-bond donors (Lipinski definition) is 2. The molecule has 0 aromatic carbocycles. The summed E-state index contributed by atoms with van der Waals surface area (Å²) < 4.78 is 44.6. The highest BCUT2D eigenvalue weighted by atomic mass is 35.5. The first-order chi connectivity index (χ1) is 12.3. The quantitative estimate of drug-likeness (QED) is 0.442. The van der Waals surface area contributed by atoms with Crippen LogP contribution in [0.3, 0.4) is 0 Å². The number of rotatable bonds is 6. The first kappa shape index (κ1) is 19.8. The van der Waals surface area contributed by atoms with Crippen LogP contribution < -0.4 is 15.4 Å². The first-order valence-electron chi connectivity index (χ1n) is 7.44. The molecule has 142 valence electrons. The Kier molecular flexibility index (Phi) is 6.61. The van der Waals surface area contributed by atoms with Crippen LogP contribution in [-0.2, 0) is 19.8 Å². The highest BCUT2D eigenvalue weighted by Gasteiger charge is 2.31. The van der Waals surface area contributed by atoms with Gasteiger partial charge in [0.1, 0.15) is 23.8 Å². The molecule has 0 radical (unpaired) electrons. The lowest BCUT2D eigenvalue weighted by atomic mass is 10.3. The van der Waals surface area contributed by atoms with Crippen molar-refractivity contribution >= 4 is 17.6 Å². The molecule has 0 aliphatic rings. The van der Waals surface area contributed by atoms with Crippen molar-refractivity contribution in [3.63, 3.8) is 0 Å². The van der Waals surface area contributed by atoms with E-state index in [1.54, 1.807) is 18.8 Å². The van der Waals surface area contributed by atoms with E-state index in [2.05, 4.69) is 30.7 Å². The summed E-state index contributed by atoms with van der Waals surface area (Å²) in [5.74, 6) is 1.16. The molecular formula is C14H17ClF3N7O. The van der Waals surface area contributed by atoms with E-state index in [0.29, 0.717) is 25.2 Å². The van der Waals surface area contributed by atoms with Gasteiger partial charge < -0.3 is 15.4 Å². The molecule has 0 unspecified atom stereocenters. The zero-order valence-corrected chi connectivity index (χ0v) is 14.8. The summed E-state index contributed by atoms with van der Waals surface area (Å²) in [6.45, 7) is 0.879. The minimum Gasteiger partial charge on any atom is -0.475 e. The molecule has 12 heteroatoms. The smallest absolute Gasteiger partial charge is 0.417 e. The second-order valence-electron chi connectivity index (χ2n) is 5.01. The maximum atomic E-state index is 12.6. The molecule has 2 heterocycles. The van der Waals surface area contributed by atoms with Crippen LogP contribution in [0.1, 0.15) is 11.4 Å². The first-order valence-corrected chi connectivity index (χ1v) is 7.82. The van der Waals surface area contributed by atoms with Crippen molar-refractivity contribution < 1.29 is 17.9 Å². The van der Waals surface area contributed by atoms with Gasteiger partial charge in [-0.05, 0) is 6.07 Å². The Labute approximate surface area is 152 Å². The van der Waals surface area contributed by atoms with Gasteiger partial charge in [0.05, 0.1) is 18.7 Å². The van der Waals surface area contributed by atoms with Crippen LogP contribution >= 0.6 is 11.6 Å². The SMILES string of the molecule is CN=C(NCCOc1ncc(C(F)(F)F)cc1Cl)NCc1ncnn1C. The molecule has 26 heavy (non-hydrogen) atoms. The molecule has 0 saturated carbocycles. The molecule has 0 aliphatic carbocycles. The van der Waals surface area contributed by atoms with Crippen LogP contribution in [0.15, 0.2) is 23.6 Å². The maximum absolute atomic E-state index is 12.6. The van der Waals surface area contributed by atoms with Crippen LogP contribution in [-0.4, -0.2) is 45.9 Å². The van der Waals surface area contributed by atoms with Gasteiger partial charge in [-0.15, -0.1) is 0 Å². The number of hydrogen-bond acceptors (Lipinski definition) is 5. The number of ether oxygens (including phenoxy) is 1. The van der Waals surface area contributed by atoms with E-state index in [9.17, 15) is 13.2 Å². The maximum Gasteiger partial charge on any atom is 0.417 e. The zero-order valence-electron chi connectivity index (χ0n) is 14.0. The van der Waals surface area contributed by atoms with Crippen LogP contribution in [0.5, 0.6) is 5.88 Å². The van der Waals surface area contributed by atoms with Crippen LogP contribution in [0, 0.1) is 0 Å². The summed E-state index contributed by atoms with van der Waals surface area (Å²) in [7, 11) is 3.37. The molecule has 0 bridgehead atoms. The average Bonchev–Trinajstić information content (AvgIpc) is 2.99. The van der Waals surface area contributed by atoms with Crippen LogP contribution in [0.2, 0.25) is 5.02 Å². The van der Waals surface area contributed by atoms with Gasteiger partial charge in [-0.3, -0.25) is 9.67 Å². The van der Waals surface area contributed by atoms with E-state index in [-0.39, 0.29) is 17.5 Å². The fourth-order valence-electron chi connectivity index (χ4n) is 1.87. The molecule has 2 aromatic rings. The number of aryl methyl sites for hydroxylation is 1. The minimum absolute atomic E-state index is 0.0662. The van der Waals surface area contributed by atoms with Crippen molar-refractivity contribution in [2.45, 2.75) is 12.7 Å². The summed E-state index contributed by atoms with van der Waals surface area (Å²) in [5, 5.41) is 9.77. The molecular weight excluding hydrogens is 375 g/mol. The van der Waals surface area contributed by atoms with E-state index in [4.69, 9.17) is 16.3 Å². The van der Waals surface area contributed by atoms with Crippen molar-refractivity contribution in [3.05, 3.63) is 35.0 Å². The van der Waals surface area contributed by atoms with Crippen molar-refractivity contribution in [3.8, 4) is 5.88 Å². The molecule has 0 spiro atoms. The standard InChI is InChI=1S/C14H17ClF3N7O/c1-19-13(22-7-11-23-8-24-25(11)2)20-3-4-26-12-10(15)5-9(6-21-12)14(16,17)18/h5-6,8H,3-4,7H2,1-2H3,(H2,19,20,22). The molecule has 0 amide bonds. The Balaban J connectivity index is 1.77. The summed E-state index contributed by atoms with van der Waals surface area (Å²) in [6, 6.07) is 0.776. The second-order valence-corrected chi connectivity index (χ2v) is 5.42. The molecule has 0 atom stereocenters. The molecule has 2 rings (SSSR count). The van der Waals surface area contributed by atoms with Gasteiger partial charge in [-0.1, -0.05) is 11.6 Å². The third kappa shape index (κ3) is 5.48. The lowest BCUT2D eigenvalue weighted by Gasteiger charge is -2.13. The van der Waals surface area contributed by atoms with Gasteiger partial charge in [-0.25, -0.2) is 9.97 Å². The number of guanidine groups is 1. The highest BCUT2D eigenvalue weighted by Crippen LogP contribution is 2.32. The van der Waals surface area contributed by atoms with E-state index >= 15 is 0 Å². The van der Waals surface area contributed by atoms with Gasteiger partial charge in [0.2, 0.25) is 5.88 Å². The van der Waals surface area contributed by atoms with Crippen molar-refractivity contribution in [2.75, 3.05) is 20.2 Å². The van der Waals surface area contributed by atoms with E-state index in [0.717, 1.165) is 11.9 Å². The number of nitrogens with zero attached hydrogens (tertiary/aromatic N) is 5. The molecule has 0 fully saturated rings. The van der Waals surface area contributed by atoms with E-state index < -0.39 is 11.7 Å². The Morgan fingerprint density at radius 2 is 2.12 bits per heavy atom. The number of aliphatic imine (C=N–C) groups is 1. The summed E-state index contributed by atoms with van der Waals surface area (Å²) >= 11 is 5.77. The van der Waals surface area contributed by atoms with Crippen molar-refractivity contribution in [2.24, 2.45) is 12.0 Å². The lowest BCUT2D eigenvalue weighted by Crippen LogP contribution is -2.39. The fourth-order valence-corrected chi connectivity index (χ4v) is 2.09. The van der Waals surface area contributed by atoms with E-state index in [1.165, 1.54) is 6.33 Å². The molecule has 2 N–H and O–H groups in total. The number of alkyl halides is 3.